The van der Waals surface area contributed by atoms with Gasteiger partial charge in [-0.15, -0.1) is 0 Å². The summed E-state index contributed by atoms with van der Waals surface area (Å²) in [6.45, 7) is 5.26. The molecule has 0 aliphatic carbocycles. The topological polar surface area (TPSA) is 115 Å². The van der Waals surface area contributed by atoms with Crippen LogP contribution in [0.25, 0.3) is 27.9 Å². The minimum atomic E-state index is -1.09. The monoisotopic (exact) mass is 476 g/mol. The Morgan fingerprint density at radius 2 is 1.91 bits per heavy atom. The molecule has 0 atom stereocenters. The average molecular weight is 477 g/mol. The predicted molar refractivity (Wildman–Crippen MR) is 129 cm³/mol. The molecule has 5 rings (SSSR count). The molecule has 1 aliphatic heterocycles. The molecule has 0 saturated carbocycles. The van der Waals surface area contributed by atoms with Gasteiger partial charge in [-0.3, -0.25) is 14.3 Å². The smallest absolute Gasteiger partial charge is 0.252 e. The van der Waals surface area contributed by atoms with Crippen LogP contribution < -0.4 is 10.6 Å². The Labute approximate surface area is 200 Å². The molecule has 1 saturated heterocycles. The number of hydrogen-bond acceptors (Lipinski definition) is 6. The summed E-state index contributed by atoms with van der Waals surface area (Å²) in [4.78, 5) is 32.4. The number of carbonyl (C=O) groups is 2. The largest absolute Gasteiger partial charge is 0.382 e. The molecule has 1 aromatic carbocycles. The van der Waals surface area contributed by atoms with Gasteiger partial charge in [-0.1, -0.05) is 0 Å². The fourth-order valence-electron chi connectivity index (χ4n) is 4.74. The Hall–Kier alpha value is -4.28. The molecule has 4 heterocycles. The molecule has 0 spiro atoms. The van der Waals surface area contributed by atoms with Crippen molar-refractivity contribution in [3.05, 3.63) is 48.8 Å². The van der Waals surface area contributed by atoms with Crippen molar-refractivity contribution in [2.24, 2.45) is 7.05 Å². The summed E-state index contributed by atoms with van der Waals surface area (Å²) in [6.07, 6.45) is 4.93. The molecule has 4 aromatic rings. The van der Waals surface area contributed by atoms with E-state index in [1.54, 1.807) is 41.4 Å². The van der Waals surface area contributed by atoms with Crippen molar-refractivity contribution >= 4 is 28.8 Å². The van der Waals surface area contributed by atoms with Crippen molar-refractivity contribution in [3.63, 3.8) is 0 Å². The van der Waals surface area contributed by atoms with Crippen LogP contribution in [0.4, 0.5) is 15.9 Å². The number of aryl methyl sites for hydroxylation is 1. The number of benzene rings is 1. The van der Waals surface area contributed by atoms with Gasteiger partial charge >= 0.3 is 0 Å². The molecule has 2 amide bonds. The molecule has 180 valence electrons. The number of carbonyl (C=O) groups excluding carboxylic acids is 2. The van der Waals surface area contributed by atoms with E-state index in [0.29, 0.717) is 29.1 Å². The van der Waals surface area contributed by atoms with Crippen molar-refractivity contribution in [1.82, 2.24) is 29.3 Å². The molecular formula is C24H25FN8O2. The predicted octanol–water partition coefficient (Wildman–Crippen LogP) is 2.49. The fraction of sp³-hybridized carbons (Fsp3) is 0.292. The van der Waals surface area contributed by atoms with Gasteiger partial charge in [0.1, 0.15) is 23.2 Å². The summed E-state index contributed by atoms with van der Waals surface area (Å²) < 4.78 is 18.4. The van der Waals surface area contributed by atoms with Gasteiger partial charge in [0.25, 0.3) is 5.91 Å². The van der Waals surface area contributed by atoms with Crippen LogP contribution in [0.5, 0.6) is 0 Å². The lowest BCUT2D eigenvalue weighted by Gasteiger charge is -2.45. The van der Waals surface area contributed by atoms with E-state index in [0.717, 1.165) is 11.1 Å². The highest BCUT2D eigenvalue weighted by atomic mass is 19.1. The van der Waals surface area contributed by atoms with Crippen molar-refractivity contribution < 1.29 is 14.0 Å². The first-order valence-electron chi connectivity index (χ1n) is 11.1. The van der Waals surface area contributed by atoms with Gasteiger partial charge in [-0.25, -0.2) is 13.9 Å². The molecule has 3 aromatic heterocycles. The number of nitrogens with zero attached hydrogens (tertiary/aromatic N) is 7. The van der Waals surface area contributed by atoms with Gasteiger partial charge in [0, 0.05) is 49.9 Å². The van der Waals surface area contributed by atoms with E-state index >= 15 is 4.39 Å². The second-order valence-electron chi connectivity index (χ2n) is 9.10. The van der Waals surface area contributed by atoms with Crippen LogP contribution in [0.15, 0.2) is 43.0 Å². The molecule has 2 N–H and O–H groups in total. The zero-order valence-electron chi connectivity index (χ0n) is 19.9. The van der Waals surface area contributed by atoms with Gasteiger partial charge in [0.05, 0.1) is 17.6 Å². The fourth-order valence-corrected chi connectivity index (χ4v) is 4.74. The second kappa shape index (κ2) is 7.90. The van der Waals surface area contributed by atoms with Crippen LogP contribution in [-0.4, -0.2) is 59.7 Å². The van der Waals surface area contributed by atoms with E-state index in [2.05, 4.69) is 15.2 Å². The normalized spacial score (nSPS) is 15.7. The number of fused-ring (bicyclic) bond motifs is 1. The van der Waals surface area contributed by atoms with Crippen LogP contribution in [0.1, 0.15) is 20.8 Å². The molecule has 0 radical (unpaired) electrons. The Bertz CT molecular complexity index is 1490. The van der Waals surface area contributed by atoms with Gasteiger partial charge in [-0.2, -0.15) is 10.2 Å². The summed E-state index contributed by atoms with van der Waals surface area (Å²) in [5, 5.41) is 8.63. The number of anilines is 2. The molecule has 10 nitrogen and oxygen atoms in total. The van der Waals surface area contributed by atoms with Crippen molar-refractivity contribution in [1.29, 1.82) is 0 Å². The lowest BCUT2D eigenvalue weighted by atomic mass is 9.96. The van der Waals surface area contributed by atoms with E-state index < -0.39 is 11.4 Å². The molecule has 1 aliphatic rings. The van der Waals surface area contributed by atoms with Crippen LogP contribution in [0.3, 0.4) is 0 Å². The highest BCUT2D eigenvalue weighted by Crippen LogP contribution is 2.37. The third-order valence-electron chi connectivity index (χ3n) is 6.50. The van der Waals surface area contributed by atoms with E-state index in [1.807, 2.05) is 19.3 Å². The minimum Gasteiger partial charge on any atom is -0.382 e. The highest BCUT2D eigenvalue weighted by molar-refractivity contribution is 6.03. The van der Waals surface area contributed by atoms with E-state index in [9.17, 15) is 9.59 Å². The minimum absolute atomic E-state index is 0.142. The quantitative estimate of drug-likeness (QED) is 0.486. The Morgan fingerprint density at radius 1 is 1.14 bits per heavy atom. The third kappa shape index (κ3) is 3.50. The summed E-state index contributed by atoms with van der Waals surface area (Å²) in [6, 6.07) is 6.48. The number of halogens is 1. The summed E-state index contributed by atoms with van der Waals surface area (Å²) in [7, 11) is 1.82. The maximum Gasteiger partial charge on any atom is 0.252 e. The molecule has 35 heavy (non-hydrogen) atoms. The maximum absolute atomic E-state index is 15.1. The molecule has 0 bridgehead atoms. The van der Waals surface area contributed by atoms with E-state index in [1.165, 1.54) is 29.1 Å². The second-order valence-corrected chi connectivity index (χ2v) is 9.10. The van der Waals surface area contributed by atoms with Crippen LogP contribution in [0.2, 0.25) is 0 Å². The first-order chi connectivity index (χ1) is 16.6. The Morgan fingerprint density at radius 3 is 2.60 bits per heavy atom. The van der Waals surface area contributed by atoms with Crippen LogP contribution in [-0.2, 0) is 16.6 Å². The number of hydrogen-bond donors (Lipinski definition) is 1. The first-order valence-corrected chi connectivity index (χ1v) is 11.1. The zero-order chi connectivity index (χ0) is 25.1. The number of piperazine rings is 1. The van der Waals surface area contributed by atoms with E-state index in [4.69, 9.17) is 5.73 Å². The molecule has 1 fully saturated rings. The van der Waals surface area contributed by atoms with Crippen molar-refractivity contribution in [2.45, 2.75) is 26.3 Å². The lowest BCUT2D eigenvalue weighted by Crippen LogP contribution is -2.64. The molecule has 0 unspecified atom stereocenters. The summed E-state index contributed by atoms with van der Waals surface area (Å²) in [5.74, 6) is -0.781. The molecule has 11 heteroatoms. The SMILES string of the molecule is CC(=O)N1CCN(c2cc(-c3cc(-c4cnn(C)c4)c4c(N)ncnn34)ccc2F)C(=O)C1(C)C. The van der Waals surface area contributed by atoms with Crippen molar-refractivity contribution in [2.75, 3.05) is 23.7 Å². The van der Waals surface area contributed by atoms with Gasteiger partial charge in [-0.05, 0) is 38.1 Å². The zero-order valence-corrected chi connectivity index (χ0v) is 19.9. The Kier molecular flexibility index (Phi) is 5.08. The van der Waals surface area contributed by atoms with E-state index in [-0.39, 0.29) is 24.0 Å². The average Bonchev–Trinajstić information content (AvgIpc) is 3.40. The van der Waals surface area contributed by atoms with Gasteiger partial charge in [0.2, 0.25) is 5.91 Å². The Balaban J connectivity index is 1.64. The van der Waals surface area contributed by atoms with Crippen LogP contribution in [0, 0.1) is 5.82 Å². The first kappa shape index (κ1) is 22.5. The number of nitrogens with two attached hydrogens (primary N) is 1. The standard InChI is InChI=1S/C24H25FN8O2/c1-14(34)32-8-7-31(23(35)24(32,2)3)20-9-15(5-6-18(20)25)19-10-17(16-11-28-30(4)12-16)21-22(26)27-13-29-33(19)21/h5-6,9-13H,7-8H2,1-4H3,(H2,26,27,29). The van der Waals surface area contributed by atoms with Crippen LogP contribution >= 0.6 is 0 Å². The number of nitrogen functional groups attached to an aromatic ring is 1. The number of amides is 2. The highest BCUT2D eigenvalue weighted by Gasteiger charge is 2.44. The summed E-state index contributed by atoms with van der Waals surface area (Å²) >= 11 is 0. The number of rotatable bonds is 3. The summed E-state index contributed by atoms with van der Waals surface area (Å²) in [5.41, 5.74) is 8.77. The van der Waals surface area contributed by atoms with Gasteiger partial charge in [0.15, 0.2) is 5.82 Å². The third-order valence-corrected chi connectivity index (χ3v) is 6.50. The lowest BCUT2D eigenvalue weighted by molar-refractivity contribution is -0.145. The maximum atomic E-state index is 15.1. The van der Waals surface area contributed by atoms with Crippen molar-refractivity contribution in [3.8, 4) is 22.4 Å². The number of aromatic nitrogens is 5. The molecular weight excluding hydrogens is 451 g/mol. The van der Waals surface area contributed by atoms with Gasteiger partial charge < -0.3 is 15.5 Å².